The molecule has 0 bridgehead atoms. The van der Waals surface area contributed by atoms with Crippen LogP contribution in [0.5, 0.6) is 5.75 Å². The summed E-state index contributed by atoms with van der Waals surface area (Å²) in [5.74, 6) is -0.442. The Hall–Kier alpha value is -3.00. The quantitative estimate of drug-likeness (QED) is 0.604. The minimum absolute atomic E-state index is 0.0636. The Bertz CT molecular complexity index is 838. The van der Waals surface area contributed by atoms with Crippen LogP contribution in [0.15, 0.2) is 54.6 Å². The van der Waals surface area contributed by atoms with Gasteiger partial charge < -0.3 is 20.7 Å². The molecule has 6 nitrogen and oxygen atoms in total. The molecule has 0 aliphatic carbocycles. The largest absolute Gasteiger partial charge is 0.435 e. The Kier molecular flexibility index (Phi) is 7.35. The maximum Gasteiger partial charge on any atom is 0.387 e. The Labute approximate surface area is 174 Å². The lowest BCUT2D eigenvalue weighted by atomic mass is 9.96. The summed E-state index contributed by atoms with van der Waals surface area (Å²) in [4.78, 5) is 25.2. The second-order valence-corrected chi connectivity index (χ2v) is 7.46. The number of carbonyl (C=O) groups excluding carboxylic acids is 2. The molecule has 30 heavy (non-hydrogen) atoms. The summed E-state index contributed by atoms with van der Waals surface area (Å²) < 4.78 is 29.2. The van der Waals surface area contributed by atoms with Crippen LogP contribution < -0.4 is 20.7 Å². The van der Waals surface area contributed by atoms with E-state index in [9.17, 15) is 18.4 Å². The number of amides is 2. The number of hydrogen-bond acceptors (Lipinski definition) is 3. The lowest BCUT2D eigenvalue weighted by Crippen LogP contribution is -3.14. The first-order valence-electron chi connectivity index (χ1n) is 9.94. The Morgan fingerprint density at radius 3 is 2.20 bits per heavy atom. The Morgan fingerprint density at radius 2 is 1.63 bits per heavy atom. The molecular formula is C22H26F2N3O3+. The standard InChI is InChI=1S/C22H25F2N3O3/c23-22(24)30-18-8-6-16(7-9-18)20(15-4-2-1-3-5-15)26-19(28)14-27-12-10-17(11-13-27)21(25)29/h1-9,17,20,22H,10-14H2,(H2,25,29)(H,26,28)/p+1/t20-/m0/s1. The molecule has 0 aromatic heterocycles. The van der Waals surface area contributed by atoms with Gasteiger partial charge in [-0.2, -0.15) is 8.78 Å². The number of quaternary nitrogens is 1. The third-order valence-corrected chi connectivity index (χ3v) is 5.38. The van der Waals surface area contributed by atoms with Crippen LogP contribution in [0.1, 0.15) is 30.0 Å². The molecule has 0 radical (unpaired) electrons. The molecule has 0 spiro atoms. The topological polar surface area (TPSA) is 85.9 Å². The molecule has 160 valence electrons. The normalized spacial score (nSPS) is 19.8. The molecular weight excluding hydrogens is 392 g/mol. The van der Waals surface area contributed by atoms with E-state index in [1.54, 1.807) is 12.1 Å². The van der Waals surface area contributed by atoms with Crippen molar-refractivity contribution in [2.75, 3.05) is 19.6 Å². The van der Waals surface area contributed by atoms with E-state index in [0.29, 0.717) is 19.4 Å². The zero-order valence-electron chi connectivity index (χ0n) is 16.5. The third kappa shape index (κ3) is 6.00. The van der Waals surface area contributed by atoms with Crippen LogP contribution in [0.3, 0.4) is 0 Å². The summed E-state index contributed by atoms with van der Waals surface area (Å²) in [5, 5.41) is 3.05. The van der Waals surface area contributed by atoms with Gasteiger partial charge in [0.2, 0.25) is 5.91 Å². The molecule has 8 heteroatoms. The van der Waals surface area contributed by atoms with Crippen LogP contribution in [0.25, 0.3) is 0 Å². The van der Waals surface area contributed by atoms with E-state index < -0.39 is 12.7 Å². The Balaban J connectivity index is 1.68. The summed E-state index contributed by atoms with van der Waals surface area (Å²) in [5.41, 5.74) is 7.02. The fourth-order valence-electron chi connectivity index (χ4n) is 3.77. The van der Waals surface area contributed by atoms with Crippen LogP contribution in [0.2, 0.25) is 0 Å². The van der Waals surface area contributed by atoms with Gasteiger partial charge in [0.1, 0.15) is 5.75 Å². The van der Waals surface area contributed by atoms with Gasteiger partial charge in [-0.05, 0) is 23.3 Å². The molecule has 2 aromatic carbocycles. The van der Waals surface area contributed by atoms with E-state index >= 15 is 0 Å². The molecule has 0 saturated carbocycles. The van der Waals surface area contributed by atoms with Gasteiger partial charge in [-0.25, -0.2) is 0 Å². The van der Waals surface area contributed by atoms with E-state index in [2.05, 4.69) is 10.1 Å². The highest BCUT2D eigenvalue weighted by molar-refractivity contribution is 5.78. The number of piperidine rings is 1. The van der Waals surface area contributed by atoms with Crippen LogP contribution >= 0.6 is 0 Å². The average Bonchev–Trinajstić information content (AvgIpc) is 2.73. The lowest BCUT2D eigenvalue weighted by molar-refractivity contribution is -0.897. The second kappa shape index (κ2) is 10.2. The number of nitrogens with one attached hydrogen (secondary N) is 2. The van der Waals surface area contributed by atoms with Gasteiger partial charge in [-0.1, -0.05) is 42.5 Å². The molecule has 1 aliphatic rings. The number of nitrogens with two attached hydrogens (primary N) is 1. The molecule has 1 fully saturated rings. The summed E-state index contributed by atoms with van der Waals surface area (Å²) in [6, 6.07) is 15.3. The molecule has 1 atom stereocenters. The Morgan fingerprint density at radius 1 is 1.03 bits per heavy atom. The summed E-state index contributed by atoms with van der Waals surface area (Å²) in [6.45, 7) is -1.16. The van der Waals surface area contributed by atoms with Crippen molar-refractivity contribution in [2.45, 2.75) is 25.5 Å². The van der Waals surface area contributed by atoms with Gasteiger partial charge in [0, 0.05) is 18.8 Å². The molecule has 2 amide bonds. The maximum absolute atomic E-state index is 12.7. The van der Waals surface area contributed by atoms with Crippen molar-refractivity contribution in [3.05, 3.63) is 65.7 Å². The van der Waals surface area contributed by atoms with E-state index in [0.717, 1.165) is 29.1 Å². The van der Waals surface area contributed by atoms with Gasteiger partial charge in [0.25, 0.3) is 5.91 Å². The molecule has 1 aliphatic heterocycles. The highest BCUT2D eigenvalue weighted by Gasteiger charge is 2.28. The van der Waals surface area contributed by atoms with Gasteiger partial charge in [-0.3, -0.25) is 9.59 Å². The van der Waals surface area contributed by atoms with Crippen molar-refractivity contribution in [3.63, 3.8) is 0 Å². The van der Waals surface area contributed by atoms with E-state index in [-0.39, 0.29) is 23.5 Å². The van der Waals surface area contributed by atoms with Crippen molar-refractivity contribution >= 4 is 11.8 Å². The molecule has 3 rings (SSSR count). The molecule has 0 unspecified atom stereocenters. The second-order valence-electron chi connectivity index (χ2n) is 7.46. The zero-order chi connectivity index (χ0) is 21.5. The lowest BCUT2D eigenvalue weighted by Gasteiger charge is -2.28. The predicted molar refractivity (Wildman–Crippen MR) is 107 cm³/mol. The van der Waals surface area contributed by atoms with Crippen LogP contribution in [-0.2, 0) is 9.59 Å². The fourth-order valence-corrected chi connectivity index (χ4v) is 3.77. The average molecular weight is 418 g/mol. The van der Waals surface area contributed by atoms with Crippen molar-refractivity contribution in [1.29, 1.82) is 0 Å². The number of alkyl halides is 2. The van der Waals surface area contributed by atoms with Crippen LogP contribution in [0.4, 0.5) is 8.78 Å². The third-order valence-electron chi connectivity index (χ3n) is 5.38. The van der Waals surface area contributed by atoms with Crippen molar-refractivity contribution in [1.82, 2.24) is 5.32 Å². The van der Waals surface area contributed by atoms with Crippen molar-refractivity contribution in [2.24, 2.45) is 11.7 Å². The van der Waals surface area contributed by atoms with Crippen LogP contribution in [-0.4, -0.2) is 38.1 Å². The van der Waals surface area contributed by atoms with Crippen molar-refractivity contribution in [3.8, 4) is 5.75 Å². The minimum Gasteiger partial charge on any atom is -0.435 e. The van der Waals surface area contributed by atoms with Gasteiger partial charge in [0.15, 0.2) is 6.54 Å². The molecule has 1 heterocycles. The minimum atomic E-state index is -2.89. The maximum atomic E-state index is 12.7. The van der Waals surface area contributed by atoms with Crippen LogP contribution in [0, 0.1) is 5.92 Å². The summed E-state index contributed by atoms with van der Waals surface area (Å²) in [6.07, 6.45) is 1.37. The van der Waals surface area contributed by atoms with Gasteiger partial charge in [-0.15, -0.1) is 0 Å². The smallest absolute Gasteiger partial charge is 0.387 e. The highest BCUT2D eigenvalue weighted by atomic mass is 19.3. The number of likely N-dealkylation sites (tertiary alicyclic amines) is 1. The van der Waals surface area contributed by atoms with E-state index in [1.807, 2.05) is 30.3 Å². The predicted octanol–water partition coefficient (Wildman–Crippen LogP) is 1.27. The first-order chi connectivity index (χ1) is 14.4. The van der Waals surface area contributed by atoms with Gasteiger partial charge >= 0.3 is 6.61 Å². The molecule has 1 saturated heterocycles. The SMILES string of the molecule is NC(=O)C1CC[NH+](CC(=O)N[C@@H](c2ccccc2)c2ccc(OC(F)F)cc2)CC1. The van der Waals surface area contributed by atoms with Crippen molar-refractivity contribution < 1.29 is 28.0 Å². The number of rotatable bonds is 8. The number of carbonyl (C=O) groups is 2. The number of primary amides is 1. The van der Waals surface area contributed by atoms with E-state index in [1.165, 1.54) is 12.1 Å². The van der Waals surface area contributed by atoms with E-state index in [4.69, 9.17) is 5.73 Å². The zero-order valence-corrected chi connectivity index (χ0v) is 16.5. The number of hydrogen-bond donors (Lipinski definition) is 3. The van der Waals surface area contributed by atoms with Gasteiger partial charge in [0.05, 0.1) is 19.1 Å². The molecule has 2 aromatic rings. The number of benzene rings is 2. The molecule has 4 N–H and O–H groups in total. The summed E-state index contributed by atoms with van der Waals surface area (Å²) >= 11 is 0. The number of halogens is 2. The first kappa shape index (κ1) is 21.7. The summed E-state index contributed by atoms with van der Waals surface area (Å²) in [7, 11) is 0. The fraction of sp³-hybridized carbons (Fsp3) is 0.364. The highest BCUT2D eigenvalue weighted by Crippen LogP contribution is 2.24. The first-order valence-corrected chi connectivity index (χ1v) is 9.94. The number of ether oxygens (including phenoxy) is 1. The monoisotopic (exact) mass is 418 g/mol.